The Balaban J connectivity index is 0.00000324. The quantitative estimate of drug-likeness (QED) is 0.620. The van der Waals surface area contributed by atoms with Crippen LogP contribution in [0.15, 0.2) is 23.1 Å². The summed E-state index contributed by atoms with van der Waals surface area (Å²) in [7, 11) is -3.79. The van der Waals surface area contributed by atoms with Crippen LogP contribution in [-0.2, 0) is 10.0 Å². The fourth-order valence-corrected chi connectivity index (χ4v) is 2.99. The molecule has 1 atom stereocenters. The monoisotopic (exact) mass is 309 g/mol. The summed E-state index contributed by atoms with van der Waals surface area (Å²) in [6.45, 7) is 3.16. The highest BCUT2D eigenvalue weighted by Gasteiger charge is 2.23. The number of nitrogens with zero attached hydrogens (tertiary/aromatic N) is 1. The lowest BCUT2D eigenvalue weighted by molar-refractivity contribution is -0.385. The van der Waals surface area contributed by atoms with Crippen LogP contribution in [0.25, 0.3) is 0 Å². The highest BCUT2D eigenvalue weighted by Crippen LogP contribution is 2.24. The summed E-state index contributed by atoms with van der Waals surface area (Å²) in [6.07, 6.45) is 0. The Labute approximate surface area is 117 Å². The number of nitrogens with two attached hydrogens (primary N) is 1. The third-order valence-electron chi connectivity index (χ3n) is 2.45. The lowest BCUT2D eigenvalue weighted by atomic mass is 10.2. The van der Waals surface area contributed by atoms with Gasteiger partial charge < -0.3 is 5.73 Å². The van der Waals surface area contributed by atoms with Crippen LogP contribution in [0.4, 0.5) is 5.69 Å². The Bertz CT molecular complexity index is 562. The minimum absolute atomic E-state index is 0. The number of sulfonamides is 1. The summed E-state index contributed by atoms with van der Waals surface area (Å²) in [5, 5.41) is 10.7. The molecule has 0 aromatic heterocycles. The maximum absolute atomic E-state index is 12.0. The average Bonchev–Trinajstić information content (AvgIpc) is 2.27. The highest BCUT2D eigenvalue weighted by molar-refractivity contribution is 7.89. The van der Waals surface area contributed by atoms with Crippen molar-refractivity contribution < 1.29 is 13.3 Å². The van der Waals surface area contributed by atoms with Crippen LogP contribution < -0.4 is 10.5 Å². The summed E-state index contributed by atoms with van der Waals surface area (Å²) < 4.78 is 26.4. The van der Waals surface area contributed by atoms with Gasteiger partial charge in [0.15, 0.2) is 0 Å². The van der Waals surface area contributed by atoms with E-state index in [1.807, 2.05) is 0 Å². The smallest absolute Gasteiger partial charge is 0.273 e. The number of nitrogens with one attached hydrogen (secondary N) is 1. The van der Waals surface area contributed by atoms with Crippen molar-refractivity contribution in [2.45, 2.75) is 24.8 Å². The van der Waals surface area contributed by atoms with E-state index >= 15 is 0 Å². The van der Waals surface area contributed by atoms with Gasteiger partial charge >= 0.3 is 0 Å². The van der Waals surface area contributed by atoms with Crippen LogP contribution in [0.3, 0.4) is 0 Å². The summed E-state index contributed by atoms with van der Waals surface area (Å²) in [5.74, 6) is 0. The molecule has 3 N–H and O–H groups in total. The van der Waals surface area contributed by atoms with Gasteiger partial charge in [0.1, 0.15) is 0 Å². The van der Waals surface area contributed by atoms with Crippen LogP contribution >= 0.6 is 12.4 Å². The number of nitro groups is 1. The van der Waals surface area contributed by atoms with Gasteiger partial charge in [0.25, 0.3) is 5.69 Å². The van der Waals surface area contributed by atoms with Crippen LogP contribution in [0.5, 0.6) is 0 Å². The molecule has 0 bridgehead atoms. The second-order valence-corrected chi connectivity index (χ2v) is 5.60. The Morgan fingerprint density at radius 2 is 2.05 bits per heavy atom. The fraction of sp³-hybridized carbons (Fsp3) is 0.400. The zero-order chi connectivity index (χ0) is 13.9. The number of rotatable bonds is 5. The molecule has 7 nitrogen and oxygen atoms in total. The molecular weight excluding hydrogens is 294 g/mol. The lowest BCUT2D eigenvalue weighted by Gasteiger charge is -2.13. The lowest BCUT2D eigenvalue weighted by Crippen LogP contribution is -2.38. The maximum Gasteiger partial charge on any atom is 0.273 e. The van der Waals surface area contributed by atoms with E-state index in [2.05, 4.69) is 4.72 Å². The van der Waals surface area contributed by atoms with Gasteiger partial charge in [0.2, 0.25) is 10.0 Å². The number of nitro benzene ring substituents is 1. The first-order valence-corrected chi connectivity index (χ1v) is 6.74. The van der Waals surface area contributed by atoms with Gasteiger partial charge in [-0.05, 0) is 19.9 Å². The molecule has 9 heteroatoms. The maximum atomic E-state index is 12.0. The van der Waals surface area contributed by atoms with E-state index in [-0.39, 0.29) is 35.1 Å². The van der Waals surface area contributed by atoms with Crippen LogP contribution in [-0.4, -0.2) is 25.9 Å². The van der Waals surface area contributed by atoms with E-state index in [1.165, 1.54) is 25.1 Å². The fourth-order valence-electron chi connectivity index (χ4n) is 1.47. The zero-order valence-electron chi connectivity index (χ0n) is 10.5. The normalized spacial score (nSPS) is 12.6. The van der Waals surface area contributed by atoms with Crippen molar-refractivity contribution >= 4 is 28.1 Å². The van der Waals surface area contributed by atoms with Gasteiger partial charge in [0.05, 0.1) is 9.82 Å². The molecule has 0 saturated heterocycles. The van der Waals surface area contributed by atoms with E-state index in [9.17, 15) is 18.5 Å². The number of benzene rings is 1. The standard InChI is InChI=1S/C10H15N3O4S.ClH/c1-7(6-11)12-18(16,17)10-5-3-4-9(8(10)2)13(14)15;/h3-5,7,12H,6,11H2,1-2H3;1H/t7-;/m1./s1. The molecule has 0 fully saturated rings. The van der Waals surface area contributed by atoms with Crippen molar-refractivity contribution in [1.82, 2.24) is 4.72 Å². The highest BCUT2D eigenvalue weighted by atomic mass is 35.5. The average molecular weight is 310 g/mol. The Hall–Kier alpha value is -1.22. The molecule has 19 heavy (non-hydrogen) atoms. The molecule has 0 aliphatic heterocycles. The van der Waals surface area contributed by atoms with Crippen LogP contribution in [0, 0.1) is 17.0 Å². The van der Waals surface area contributed by atoms with Gasteiger partial charge in [-0.15, -0.1) is 12.4 Å². The summed E-state index contributed by atoms with van der Waals surface area (Å²) in [6, 6.07) is 3.50. The van der Waals surface area contributed by atoms with Gasteiger partial charge in [-0.2, -0.15) is 0 Å². The van der Waals surface area contributed by atoms with Crippen LogP contribution in [0.2, 0.25) is 0 Å². The van der Waals surface area contributed by atoms with Gasteiger partial charge in [0, 0.05) is 24.2 Å². The predicted octanol–water partition coefficient (Wildman–Crippen LogP) is 0.951. The van der Waals surface area contributed by atoms with E-state index in [0.29, 0.717) is 0 Å². The molecular formula is C10H16ClN3O4S. The molecule has 0 heterocycles. The third kappa shape index (κ3) is 4.13. The number of hydrogen-bond acceptors (Lipinski definition) is 5. The van der Waals surface area contributed by atoms with E-state index < -0.39 is 21.0 Å². The van der Waals surface area contributed by atoms with Gasteiger partial charge in [-0.3, -0.25) is 10.1 Å². The van der Waals surface area contributed by atoms with Crippen molar-refractivity contribution in [2.75, 3.05) is 6.54 Å². The van der Waals surface area contributed by atoms with Crippen molar-refractivity contribution in [1.29, 1.82) is 0 Å². The molecule has 108 valence electrons. The first kappa shape index (κ1) is 17.8. The predicted molar refractivity (Wildman–Crippen MR) is 73.9 cm³/mol. The van der Waals surface area contributed by atoms with Gasteiger partial charge in [-0.25, -0.2) is 13.1 Å². The van der Waals surface area contributed by atoms with Crippen molar-refractivity contribution in [3.05, 3.63) is 33.9 Å². The summed E-state index contributed by atoms with van der Waals surface area (Å²) in [5.41, 5.74) is 5.22. The molecule has 0 spiro atoms. The summed E-state index contributed by atoms with van der Waals surface area (Å²) in [4.78, 5) is 10.0. The first-order valence-electron chi connectivity index (χ1n) is 5.26. The topological polar surface area (TPSA) is 115 Å². The Morgan fingerprint density at radius 3 is 2.53 bits per heavy atom. The SMILES string of the molecule is Cc1c([N+](=O)[O-])cccc1S(=O)(=O)N[C@H](C)CN.Cl. The molecule has 0 saturated carbocycles. The van der Waals surface area contributed by atoms with Crippen LogP contribution in [0.1, 0.15) is 12.5 Å². The molecule has 0 aliphatic rings. The summed E-state index contributed by atoms with van der Waals surface area (Å²) >= 11 is 0. The Morgan fingerprint density at radius 1 is 1.47 bits per heavy atom. The molecule has 0 amide bonds. The molecule has 1 rings (SSSR count). The first-order chi connectivity index (χ1) is 8.29. The van der Waals surface area contributed by atoms with Gasteiger partial charge in [-0.1, -0.05) is 6.07 Å². The second-order valence-electron chi connectivity index (χ2n) is 3.92. The van der Waals surface area contributed by atoms with Crippen molar-refractivity contribution in [3.8, 4) is 0 Å². The number of hydrogen-bond donors (Lipinski definition) is 2. The molecule has 0 unspecified atom stereocenters. The van der Waals surface area contributed by atoms with E-state index in [1.54, 1.807) is 6.92 Å². The minimum Gasteiger partial charge on any atom is -0.329 e. The minimum atomic E-state index is -3.79. The van der Waals surface area contributed by atoms with E-state index in [0.717, 1.165) is 0 Å². The van der Waals surface area contributed by atoms with Crippen molar-refractivity contribution in [2.24, 2.45) is 5.73 Å². The third-order valence-corrected chi connectivity index (χ3v) is 4.19. The Kier molecular flexibility index (Phi) is 6.37. The van der Waals surface area contributed by atoms with E-state index in [4.69, 9.17) is 5.73 Å². The molecule has 1 aromatic carbocycles. The van der Waals surface area contributed by atoms with Crippen molar-refractivity contribution in [3.63, 3.8) is 0 Å². The molecule has 0 radical (unpaired) electrons. The molecule has 0 aliphatic carbocycles. The number of halogens is 1. The molecule has 1 aromatic rings. The largest absolute Gasteiger partial charge is 0.329 e. The second kappa shape index (κ2) is 6.80. The zero-order valence-corrected chi connectivity index (χ0v) is 12.1.